The molecule has 8 N–H and O–H groups in total. The van der Waals surface area contributed by atoms with Crippen molar-refractivity contribution >= 4 is 59.1 Å². The Morgan fingerprint density at radius 2 is 0.836 bits per heavy atom. The van der Waals surface area contributed by atoms with Crippen molar-refractivity contribution in [3.8, 4) is 17.5 Å². The third-order valence-corrected chi connectivity index (χ3v) is 24.5. The number of unbranched alkanes of at least 4 members (excludes halogenated alkanes) is 6. The summed E-state index contributed by atoms with van der Waals surface area (Å²) in [4.78, 5) is 90.7. The number of aldehydes is 2. The summed E-state index contributed by atoms with van der Waals surface area (Å²) in [7, 11) is 0. The van der Waals surface area contributed by atoms with Crippen LogP contribution in [0, 0.1) is 17.8 Å². The van der Waals surface area contributed by atoms with Crippen molar-refractivity contribution in [2.24, 2.45) is 39.2 Å². The largest absolute Gasteiger partial charge is 0.494 e. The highest BCUT2D eigenvalue weighted by Crippen LogP contribution is 2.46. The van der Waals surface area contributed by atoms with Crippen molar-refractivity contribution in [1.82, 2.24) is 4.57 Å². The maximum atomic E-state index is 15.3. The van der Waals surface area contributed by atoms with E-state index in [0.29, 0.717) is 35.9 Å². The monoisotopic (exact) mass is 1560 g/mol. The molecule has 5 aliphatic rings. The van der Waals surface area contributed by atoms with E-state index < -0.39 is 53.6 Å². The van der Waals surface area contributed by atoms with Gasteiger partial charge in [-0.15, -0.1) is 0 Å². The van der Waals surface area contributed by atoms with E-state index in [4.69, 9.17) is 31.3 Å². The summed E-state index contributed by atoms with van der Waals surface area (Å²) < 4.78 is 11.8. The molecule has 17 nitrogen and oxygen atoms in total. The van der Waals surface area contributed by atoms with Crippen molar-refractivity contribution in [3.05, 3.63) is 267 Å². The van der Waals surface area contributed by atoms with Gasteiger partial charge in [0.25, 0.3) is 11.9 Å². The zero-order valence-electron chi connectivity index (χ0n) is 67.9. The van der Waals surface area contributed by atoms with Crippen LogP contribution in [0.1, 0.15) is 284 Å². The van der Waals surface area contributed by atoms with Crippen LogP contribution in [0.5, 0.6) is 11.8 Å². The minimum atomic E-state index is -1.01. The van der Waals surface area contributed by atoms with E-state index in [1.54, 1.807) is 0 Å². The van der Waals surface area contributed by atoms with E-state index in [1.807, 2.05) is 158 Å². The number of carbonyl (C=O) groups is 6. The lowest BCUT2D eigenvalue weighted by molar-refractivity contribution is -0.109. The number of anilines is 2. The van der Waals surface area contributed by atoms with Crippen LogP contribution in [0.2, 0.25) is 0 Å². The number of amides is 1. The first-order valence-corrected chi connectivity index (χ1v) is 42.8. The molecular weight excluding hydrogens is 1450 g/mol. The predicted molar refractivity (Wildman–Crippen MR) is 462 cm³/mol. The van der Waals surface area contributed by atoms with Crippen LogP contribution < -0.4 is 22.1 Å². The molecule has 9 aromatic rings. The minimum absolute atomic E-state index is 0.0181. The number of nitrogens with zero attached hydrogens (tertiary/aromatic N) is 4. The number of cyclic esters (lactones) is 1. The molecule has 0 saturated heterocycles. The number of ketones is 2. The van der Waals surface area contributed by atoms with Crippen molar-refractivity contribution in [1.29, 1.82) is 0 Å². The fourth-order valence-corrected chi connectivity index (χ4v) is 17.9. The average Bonchev–Trinajstić information content (AvgIpc) is 1.45. The molecule has 3 saturated carbocycles. The van der Waals surface area contributed by atoms with Crippen molar-refractivity contribution in [2.45, 2.75) is 242 Å². The molecular formula is C99H117N7O10. The van der Waals surface area contributed by atoms with Crippen molar-refractivity contribution in [3.63, 3.8) is 0 Å². The lowest BCUT2D eigenvalue weighted by atomic mass is 9.77. The zero-order valence-corrected chi connectivity index (χ0v) is 67.9. The maximum absolute atomic E-state index is 15.3. The number of benzene rings is 7. The molecule has 116 heavy (non-hydrogen) atoms. The van der Waals surface area contributed by atoms with Crippen LogP contribution in [0.25, 0.3) is 5.69 Å². The van der Waals surface area contributed by atoms with E-state index in [2.05, 4.69) is 62.2 Å². The molecule has 3 fully saturated rings. The Kier molecular flexibility index (Phi) is 30.5. The Morgan fingerprint density at radius 1 is 0.457 bits per heavy atom. The van der Waals surface area contributed by atoms with Crippen LogP contribution in [-0.2, 0) is 40.0 Å². The molecule has 0 unspecified atom stereocenters. The van der Waals surface area contributed by atoms with E-state index in [-0.39, 0.29) is 70.6 Å². The number of aromatic hydroxyl groups is 2. The van der Waals surface area contributed by atoms with Gasteiger partial charge in [-0.3, -0.25) is 28.8 Å². The Hall–Kier alpha value is -10.6. The number of Topliss-reactive ketones (excluding diaryl/α,β-unsaturated/α-hetero) is 2. The van der Waals surface area contributed by atoms with Gasteiger partial charge in [0.1, 0.15) is 47.3 Å². The number of fused-ring (bicyclic) bond motifs is 2. The number of furan rings is 1. The second-order valence-corrected chi connectivity index (χ2v) is 32.8. The molecule has 17 heteroatoms. The van der Waals surface area contributed by atoms with Crippen LogP contribution >= 0.6 is 0 Å². The molecule has 0 spiro atoms. The number of nitrogen functional groups attached to an aromatic ring is 1. The number of amidine groups is 1. The van der Waals surface area contributed by atoms with Gasteiger partial charge in [-0.1, -0.05) is 256 Å². The molecule has 0 bridgehead atoms. The molecule has 14 rings (SSSR count). The lowest BCUT2D eigenvalue weighted by Crippen LogP contribution is -2.36. The average molecular weight is 1570 g/mol. The number of carbonyl (C=O) groups excluding carboxylic acids is 6. The quantitative estimate of drug-likeness (QED) is 0.00842. The van der Waals surface area contributed by atoms with Gasteiger partial charge in [-0.25, -0.2) is 9.79 Å². The van der Waals surface area contributed by atoms with Crippen LogP contribution in [-0.4, -0.2) is 86.7 Å². The predicted octanol–water partition coefficient (Wildman–Crippen LogP) is 20.4. The Labute approximate surface area is 684 Å². The number of rotatable bonds is 33. The van der Waals surface area contributed by atoms with Gasteiger partial charge in [0, 0.05) is 24.2 Å². The molecule has 4 heterocycles. The van der Waals surface area contributed by atoms with Gasteiger partial charge in [0.05, 0.1) is 28.9 Å². The number of ether oxygens (including phenoxy) is 1. The second kappa shape index (κ2) is 41.8. The maximum Gasteiger partial charge on any atom is 0.349 e. The van der Waals surface area contributed by atoms with Crippen LogP contribution in [0.3, 0.4) is 0 Å². The summed E-state index contributed by atoms with van der Waals surface area (Å²) in [5.41, 5.74) is 27.8. The Balaban J connectivity index is 0.000000202. The van der Waals surface area contributed by atoms with Gasteiger partial charge < -0.3 is 46.2 Å². The number of hydrogen-bond donors (Lipinski definition) is 5. The first-order valence-electron chi connectivity index (χ1n) is 42.8. The Bertz CT molecular complexity index is 4750. The number of esters is 1. The third-order valence-electron chi connectivity index (χ3n) is 24.5. The standard InChI is InChI=1S/C58H70N4O4.C24H20N2O6.C17H27N/c1-3-5-9-15-40-21-25-44(26-22-40)46-29-33-49(34-30-46)61-54(55(64)51(59)38-43-19-13-8-14-20-43)52-53(58(61)66)56(60-48(39-63)37-42-17-11-7-12-18-42)62(57(52)65)50-35-31-47(32-36-50)45-27-23-41(24-28-45)16-10-6-4-2;25-17(12-15-9-5-2-6-10-15)20(28)21-18-19(24(30)31-21)22(32-23(18)29)26-16(13-27)11-14-7-3-1-4-8-14;1-2-3-4-5-14-6-8-15(9-7-14)16-10-12-17(18)13-11-16/h7-8,11-14,17-20,29-36,39-41,44-45,48,51,66H,3-6,9-10,15-16,21-28,37-38,59H2,1-2H3;1-10,13,16-17,30H,11-12,25H2;10-15H,2-9,18H2,1H3/t40?,41?,44?,45?,48-,51+;16-,17+;/m11./s1. The third kappa shape index (κ3) is 21.5. The normalized spacial score (nSPS) is 20.1. The molecule has 1 amide bonds. The summed E-state index contributed by atoms with van der Waals surface area (Å²) in [5.74, 6) is 0.260. The molecule has 4 atom stereocenters. The SMILES string of the molecule is CCCCCC1CCC(c2ccc(N)cc2)CC1.CCCCCC1CCC(c2ccc(N3C(=O)c4c(c(O)n(-c5ccc(C6CCC(CCCCC)CC6)cc5)c4C(=O)[C@@H](N)Cc4ccccc4)C3=N[C@@H](C=O)Cc3ccccc3)cc2)CC1.N[C@@H](Cc1ccccc1)C(=O)c1oc(O)c2c1C(=O)OC2=N[C@@H](C=O)Cc1ccccc1. The highest BCUT2D eigenvalue weighted by molar-refractivity contribution is 6.39. The van der Waals surface area contributed by atoms with E-state index >= 15 is 4.79 Å². The summed E-state index contributed by atoms with van der Waals surface area (Å²) in [5, 5.41) is 22.9. The smallest absolute Gasteiger partial charge is 0.349 e. The first-order chi connectivity index (χ1) is 56.5. The fourth-order valence-electron chi connectivity index (χ4n) is 17.9. The number of aromatic nitrogens is 1. The second-order valence-electron chi connectivity index (χ2n) is 32.8. The van der Waals surface area contributed by atoms with Gasteiger partial charge in [0.2, 0.25) is 17.6 Å². The molecule has 2 aliphatic heterocycles. The van der Waals surface area contributed by atoms with E-state index in [1.165, 1.54) is 155 Å². The van der Waals surface area contributed by atoms with Crippen LogP contribution in [0.15, 0.2) is 209 Å². The minimum Gasteiger partial charge on any atom is -0.494 e. The number of aliphatic imine (C=N–C) groups is 2. The zero-order chi connectivity index (χ0) is 81.5. The molecule has 3 aliphatic carbocycles. The fraction of sp³-hybridized carbons (Fsp3) is 0.414. The van der Waals surface area contributed by atoms with Gasteiger partial charge in [-0.05, 0) is 201 Å². The lowest BCUT2D eigenvalue weighted by Gasteiger charge is -2.29. The van der Waals surface area contributed by atoms with Crippen molar-refractivity contribution < 1.29 is 48.1 Å². The van der Waals surface area contributed by atoms with Crippen molar-refractivity contribution in [2.75, 3.05) is 10.6 Å². The molecule has 7 aromatic carbocycles. The van der Waals surface area contributed by atoms with Gasteiger partial charge in [-0.2, -0.15) is 0 Å². The summed E-state index contributed by atoms with van der Waals surface area (Å²) in [6, 6.07) is 58.5. The highest BCUT2D eigenvalue weighted by atomic mass is 16.6. The number of nitrogens with two attached hydrogens (primary N) is 3. The molecule has 2 aromatic heterocycles. The summed E-state index contributed by atoms with van der Waals surface area (Å²) >= 11 is 0. The van der Waals surface area contributed by atoms with E-state index in [9.17, 15) is 34.2 Å². The van der Waals surface area contributed by atoms with Crippen LogP contribution in [0.4, 0.5) is 11.4 Å². The number of hydrogen-bond acceptors (Lipinski definition) is 15. The molecule has 0 radical (unpaired) electrons. The first kappa shape index (κ1) is 84.8. The summed E-state index contributed by atoms with van der Waals surface area (Å²) in [6.45, 7) is 6.81. The topological polar surface area (TPSA) is 276 Å². The van der Waals surface area contributed by atoms with E-state index in [0.717, 1.165) is 83.6 Å². The highest BCUT2D eigenvalue weighted by Gasteiger charge is 2.47. The Morgan fingerprint density at radius 3 is 1.24 bits per heavy atom. The van der Waals surface area contributed by atoms with Gasteiger partial charge >= 0.3 is 5.97 Å². The van der Waals surface area contributed by atoms with Gasteiger partial charge in [0.15, 0.2) is 11.5 Å². The molecule has 608 valence electrons. The summed E-state index contributed by atoms with van der Waals surface area (Å²) in [6.07, 6.45) is 33.5.